The number of hydrogen-bond donors (Lipinski definition) is 2. The number of benzene rings is 1. The predicted molar refractivity (Wildman–Crippen MR) is 71.1 cm³/mol. The van der Waals surface area contributed by atoms with E-state index in [-0.39, 0.29) is 5.91 Å². The molecule has 1 heterocycles. The summed E-state index contributed by atoms with van der Waals surface area (Å²) in [6.07, 6.45) is 1.54. The number of anilines is 1. The second kappa shape index (κ2) is 5.62. The van der Waals surface area contributed by atoms with Gasteiger partial charge in [0.25, 0.3) is 5.91 Å². The Morgan fingerprint density at radius 1 is 1.37 bits per heavy atom. The van der Waals surface area contributed by atoms with E-state index in [1.54, 1.807) is 12.1 Å². The molecule has 0 fully saturated rings. The molecule has 1 amide bonds. The summed E-state index contributed by atoms with van der Waals surface area (Å²) < 4.78 is 10.2. The number of nitrogens with zero attached hydrogens (tertiary/aromatic N) is 1. The molecule has 0 radical (unpaired) electrons. The third-order valence-electron chi connectivity index (χ3n) is 2.44. The molecule has 0 aliphatic rings. The van der Waals surface area contributed by atoms with Gasteiger partial charge in [-0.3, -0.25) is 9.89 Å². The highest BCUT2D eigenvalue weighted by atomic mass is 35.5. The topological polar surface area (TPSA) is 76.2 Å². The summed E-state index contributed by atoms with van der Waals surface area (Å²) in [4.78, 5) is 12.0. The first-order valence-electron chi connectivity index (χ1n) is 5.38. The Kier molecular flexibility index (Phi) is 3.91. The minimum absolute atomic E-state index is 0.302. The van der Waals surface area contributed by atoms with Gasteiger partial charge < -0.3 is 14.8 Å². The van der Waals surface area contributed by atoms with Crippen molar-refractivity contribution in [1.82, 2.24) is 10.2 Å². The number of rotatable bonds is 4. The van der Waals surface area contributed by atoms with Crippen molar-refractivity contribution in [2.45, 2.75) is 0 Å². The molecule has 2 N–H and O–H groups in total. The van der Waals surface area contributed by atoms with E-state index in [2.05, 4.69) is 15.5 Å². The van der Waals surface area contributed by atoms with Crippen molar-refractivity contribution in [3.8, 4) is 11.5 Å². The van der Waals surface area contributed by atoms with Crippen LogP contribution in [0.25, 0.3) is 0 Å². The molecule has 0 unspecified atom stereocenters. The van der Waals surface area contributed by atoms with Crippen molar-refractivity contribution in [2.75, 3.05) is 19.5 Å². The lowest BCUT2D eigenvalue weighted by Gasteiger charge is -2.11. The van der Waals surface area contributed by atoms with Crippen LogP contribution in [0.15, 0.2) is 24.4 Å². The van der Waals surface area contributed by atoms with Crippen LogP contribution >= 0.6 is 11.6 Å². The quantitative estimate of drug-likeness (QED) is 0.902. The van der Waals surface area contributed by atoms with Gasteiger partial charge in [0, 0.05) is 11.6 Å². The Balaban J connectivity index is 2.29. The van der Waals surface area contributed by atoms with E-state index in [9.17, 15) is 4.79 Å². The van der Waals surface area contributed by atoms with Crippen molar-refractivity contribution < 1.29 is 14.3 Å². The number of methoxy groups -OCH3 is 2. The summed E-state index contributed by atoms with van der Waals surface area (Å²) in [7, 11) is 2.96. The molecule has 0 saturated carbocycles. The molecule has 2 rings (SSSR count). The molecule has 0 bridgehead atoms. The molecular formula is C12H12ClN3O3. The fraction of sp³-hybridized carbons (Fsp3) is 0.167. The molecule has 0 aliphatic carbocycles. The van der Waals surface area contributed by atoms with Crippen molar-refractivity contribution in [2.24, 2.45) is 0 Å². The molecule has 6 nitrogen and oxygen atoms in total. The Bertz CT molecular complexity index is 584. The fourth-order valence-electron chi connectivity index (χ4n) is 1.57. The third kappa shape index (κ3) is 2.79. The zero-order valence-corrected chi connectivity index (χ0v) is 11.1. The van der Waals surface area contributed by atoms with E-state index in [1.807, 2.05) is 0 Å². The van der Waals surface area contributed by atoms with E-state index in [1.165, 1.54) is 26.5 Å². The lowest BCUT2D eigenvalue weighted by Crippen LogP contribution is -2.12. The summed E-state index contributed by atoms with van der Waals surface area (Å²) in [6, 6.07) is 4.70. The maximum atomic E-state index is 12.0. The van der Waals surface area contributed by atoms with Crippen molar-refractivity contribution >= 4 is 23.3 Å². The molecule has 1 aromatic carbocycles. The van der Waals surface area contributed by atoms with E-state index in [0.29, 0.717) is 27.9 Å². The molecule has 1 aromatic heterocycles. The largest absolute Gasteiger partial charge is 0.493 e. The lowest BCUT2D eigenvalue weighted by atomic mass is 10.2. The molecule has 0 aliphatic heterocycles. The summed E-state index contributed by atoms with van der Waals surface area (Å²) >= 11 is 6.03. The standard InChI is InChI=1S/C12H12ClN3O3/c1-18-9-6-7(5-8(13)11(9)19-2)12(17)15-10-3-4-14-16-10/h3-6H,1-2H3,(H2,14,15,16,17). The van der Waals surface area contributed by atoms with Crippen LogP contribution in [-0.4, -0.2) is 30.3 Å². The van der Waals surface area contributed by atoms with Gasteiger partial charge in [-0.2, -0.15) is 5.10 Å². The Morgan fingerprint density at radius 3 is 2.74 bits per heavy atom. The maximum absolute atomic E-state index is 12.0. The monoisotopic (exact) mass is 281 g/mol. The first-order chi connectivity index (χ1) is 9.15. The summed E-state index contributed by atoms with van der Waals surface area (Å²) in [5, 5.41) is 9.31. The zero-order valence-electron chi connectivity index (χ0n) is 10.4. The van der Waals surface area contributed by atoms with Gasteiger partial charge >= 0.3 is 0 Å². The smallest absolute Gasteiger partial charge is 0.256 e. The van der Waals surface area contributed by atoms with Gasteiger partial charge in [-0.25, -0.2) is 0 Å². The van der Waals surface area contributed by atoms with Crippen LogP contribution in [0.4, 0.5) is 5.82 Å². The van der Waals surface area contributed by atoms with Crippen molar-refractivity contribution in [3.63, 3.8) is 0 Å². The predicted octanol–water partition coefficient (Wildman–Crippen LogP) is 2.33. The van der Waals surface area contributed by atoms with E-state index in [4.69, 9.17) is 21.1 Å². The van der Waals surface area contributed by atoms with E-state index >= 15 is 0 Å². The van der Waals surface area contributed by atoms with Crippen LogP contribution in [-0.2, 0) is 0 Å². The van der Waals surface area contributed by atoms with Gasteiger partial charge in [-0.05, 0) is 12.1 Å². The van der Waals surface area contributed by atoms with Gasteiger partial charge in [0.1, 0.15) is 5.82 Å². The maximum Gasteiger partial charge on any atom is 0.256 e. The van der Waals surface area contributed by atoms with Crippen LogP contribution in [0.3, 0.4) is 0 Å². The van der Waals surface area contributed by atoms with Crippen molar-refractivity contribution in [3.05, 3.63) is 35.0 Å². The van der Waals surface area contributed by atoms with E-state index in [0.717, 1.165) is 0 Å². The molecule has 19 heavy (non-hydrogen) atoms. The Hall–Kier alpha value is -2.21. The molecule has 2 aromatic rings. The molecule has 7 heteroatoms. The second-order valence-corrected chi connectivity index (χ2v) is 4.03. The molecular weight excluding hydrogens is 270 g/mol. The number of nitrogens with one attached hydrogen (secondary N) is 2. The number of aromatic nitrogens is 2. The third-order valence-corrected chi connectivity index (χ3v) is 2.73. The highest BCUT2D eigenvalue weighted by Crippen LogP contribution is 2.36. The summed E-state index contributed by atoms with van der Waals surface area (Å²) in [5.74, 6) is 0.954. The Morgan fingerprint density at radius 2 is 2.16 bits per heavy atom. The number of amides is 1. The number of carbonyl (C=O) groups excluding carboxylic acids is 1. The summed E-state index contributed by atoms with van der Waals surface area (Å²) in [6.45, 7) is 0. The minimum Gasteiger partial charge on any atom is -0.493 e. The molecule has 0 atom stereocenters. The van der Waals surface area contributed by atoms with Crippen LogP contribution < -0.4 is 14.8 Å². The number of H-pyrrole nitrogens is 1. The zero-order chi connectivity index (χ0) is 13.8. The first-order valence-corrected chi connectivity index (χ1v) is 5.75. The molecule has 100 valence electrons. The number of halogens is 1. The average molecular weight is 282 g/mol. The van der Waals surface area contributed by atoms with Crippen molar-refractivity contribution in [1.29, 1.82) is 0 Å². The number of carbonyl (C=O) groups is 1. The van der Waals surface area contributed by atoms with Crippen LogP contribution in [0.5, 0.6) is 11.5 Å². The lowest BCUT2D eigenvalue weighted by molar-refractivity contribution is 0.102. The van der Waals surface area contributed by atoms with Gasteiger partial charge in [0.2, 0.25) is 0 Å². The average Bonchev–Trinajstić information content (AvgIpc) is 2.90. The van der Waals surface area contributed by atoms with Crippen LogP contribution in [0.2, 0.25) is 5.02 Å². The highest BCUT2D eigenvalue weighted by molar-refractivity contribution is 6.32. The second-order valence-electron chi connectivity index (χ2n) is 3.62. The number of aromatic amines is 1. The van der Waals surface area contributed by atoms with Gasteiger partial charge in [0.05, 0.1) is 25.4 Å². The molecule has 0 spiro atoms. The van der Waals surface area contributed by atoms with Crippen LogP contribution in [0.1, 0.15) is 10.4 Å². The van der Waals surface area contributed by atoms with Gasteiger partial charge in [-0.15, -0.1) is 0 Å². The number of ether oxygens (including phenoxy) is 2. The first kappa shape index (κ1) is 13.2. The van der Waals surface area contributed by atoms with Gasteiger partial charge in [-0.1, -0.05) is 11.6 Å². The van der Waals surface area contributed by atoms with Crippen LogP contribution in [0, 0.1) is 0 Å². The van der Waals surface area contributed by atoms with Gasteiger partial charge in [0.15, 0.2) is 11.5 Å². The molecule has 0 saturated heterocycles. The SMILES string of the molecule is COc1cc(C(=O)Nc2ccn[nH]2)cc(Cl)c1OC. The normalized spacial score (nSPS) is 10.1. The van der Waals surface area contributed by atoms with E-state index < -0.39 is 0 Å². The summed E-state index contributed by atoms with van der Waals surface area (Å²) in [5.41, 5.74) is 0.359. The fourth-order valence-corrected chi connectivity index (χ4v) is 1.86. The highest BCUT2D eigenvalue weighted by Gasteiger charge is 2.15. The number of hydrogen-bond acceptors (Lipinski definition) is 4. The Labute approximate surface area is 114 Å². The minimum atomic E-state index is -0.327.